The van der Waals surface area contributed by atoms with Crippen LogP contribution in [0.2, 0.25) is 0 Å². The number of nitrogens with one attached hydrogen (secondary N) is 1. The number of hydrogen-bond acceptors (Lipinski definition) is 4. The zero-order valence-corrected chi connectivity index (χ0v) is 11.7. The van der Waals surface area contributed by atoms with Gasteiger partial charge in [0.25, 0.3) is 0 Å². The lowest BCUT2D eigenvalue weighted by Gasteiger charge is -2.15. The molecular weight excluding hydrogens is 267 g/mol. The van der Waals surface area contributed by atoms with Crippen LogP contribution in [0, 0.1) is 12.7 Å². The van der Waals surface area contributed by atoms with Crippen LogP contribution in [-0.4, -0.2) is 5.75 Å². The van der Waals surface area contributed by atoms with Crippen molar-refractivity contribution in [1.82, 2.24) is 5.43 Å². The number of rotatable bonds is 5. The van der Waals surface area contributed by atoms with Crippen molar-refractivity contribution < 1.29 is 4.39 Å². The summed E-state index contributed by atoms with van der Waals surface area (Å²) in [5, 5.41) is 2.06. The summed E-state index contributed by atoms with van der Waals surface area (Å²) in [5.41, 5.74) is 4.04. The zero-order valence-electron chi connectivity index (χ0n) is 10.0. The lowest BCUT2D eigenvalue weighted by atomic mass is 10.1. The maximum atomic E-state index is 13.1. The minimum absolute atomic E-state index is 0.0875. The fourth-order valence-electron chi connectivity index (χ4n) is 1.72. The lowest BCUT2D eigenvalue weighted by molar-refractivity contribution is 0.609. The van der Waals surface area contributed by atoms with E-state index in [9.17, 15) is 4.39 Å². The molecule has 0 aliphatic carbocycles. The van der Waals surface area contributed by atoms with E-state index in [1.165, 1.54) is 16.5 Å². The predicted molar refractivity (Wildman–Crippen MR) is 76.2 cm³/mol. The van der Waals surface area contributed by atoms with Crippen molar-refractivity contribution in [2.24, 2.45) is 5.84 Å². The monoisotopic (exact) mass is 282 g/mol. The van der Waals surface area contributed by atoms with Crippen LogP contribution in [0.5, 0.6) is 0 Å². The van der Waals surface area contributed by atoms with E-state index in [0.717, 1.165) is 10.6 Å². The Hall–Kier alpha value is -0.880. The number of aryl methyl sites for hydroxylation is 1. The van der Waals surface area contributed by atoms with Gasteiger partial charge in [-0.2, -0.15) is 0 Å². The third-order valence-corrected chi connectivity index (χ3v) is 4.64. The van der Waals surface area contributed by atoms with Crippen molar-refractivity contribution in [3.05, 3.63) is 52.0 Å². The lowest BCUT2D eigenvalue weighted by Crippen LogP contribution is -2.29. The van der Waals surface area contributed by atoms with Gasteiger partial charge < -0.3 is 0 Å². The smallest absolute Gasteiger partial charge is 0.124 e. The van der Waals surface area contributed by atoms with Gasteiger partial charge in [-0.3, -0.25) is 11.3 Å². The highest BCUT2D eigenvalue weighted by Gasteiger charge is 2.13. The quantitative estimate of drug-likeness (QED) is 0.501. The van der Waals surface area contributed by atoms with E-state index < -0.39 is 0 Å². The van der Waals surface area contributed by atoms with E-state index in [2.05, 4.69) is 23.8 Å². The van der Waals surface area contributed by atoms with Gasteiger partial charge in [-0.15, -0.1) is 23.1 Å². The molecule has 96 valence electrons. The van der Waals surface area contributed by atoms with Crippen LogP contribution in [0.1, 0.15) is 16.5 Å². The fourth-order valence-corrected chi connectivity index (χ4v) is 3.49. The average Bonchev–Trinajstić information content (AvgIpc) is 2.77. The Balaban J connectivity index is 2.02. The highest BCUT2D eigenvalue weighted by molar-refractivity contribution is 7.99. The minimum atomic E-state index is -0.205. The van der Waals surface area contributed by atoms with Gasteiger partial charge in [-0.1, -0.05) is 6.07 Å². The van der Waals surface area contributed by atoms with Crippen molar-refractivity contribution in [2.45, 2.75) is 17.9 Å². The molecular formula is C13H15FN2S2. The Labute approximate surface area is 114 Å². The Kier molecular flexibility index (Phi) is 4.77. The Morgan fingerprint density at radius 3 is 2.89 bits per heavy atom. The molecule has 0 aliphatic rings. The van der Waals surface area contributed by atoms with Gasteiger partial charge in [0, 0.05) is 15.5 Å². The molecule has 1 unspecified atom stereocenters. The standard InChI is InChI=1S/C13H15FN2S2/c1-9-12(5-6-17-9)13(16-15)8-18-11-4-2-3-10(14)7-11/h2-7,13,16H,8,15H2,1H3. The van der Waals surface area contributed by atoms with E-state index in [-0.39, 0.29) is 11.9 Å². The van der Waals surface area contributed by atoms with E-state index in [1.54, 1.807) is 35.2 Å². The van der Waals surface area contributed by atoms with Gasteiger partial charge in [0.05, 0.1) is 6.04 Å². The molecule has 0 aliphatic heterocycles. The highest BCUT2D eigenvalue weighted by Crippen LogP contribution is 2.28. The molecule has 5 heteroatoms. The predicted octanol–water partition coefficient (Wildman–Crippen LogP) is 3.49. The molecule has 1 aromatic carbocycles. The zero-order chi connectivity index (χ0) is 13.0. The molecule has 0 radical (unpaired) electrons. The normalized spacial score (nSPS) is 12.6. The summed E-state index contributed by atoms with van der Waals surface area (Å²) in [7, 11) is 0. The van der Waals surface area contributed by atoms with Crippen molar-refractivity contribution in [1.29, 1.82) is 0 Å². The van der Waals surface area contributed by atoms with Gasteiger partial charge in [-0.25, -0.2) is 4.39 Å². The number of benzene rings is 1. The topological polar surface area (TPSA) is 38.0 Å². The molecule has 1 heterocycles. The van der Waals surface area contributed by atoms with Crippen LogP contribution < -0.4 is 11.3 Å². The Morgan fingerprint density at radius 2 is 2.28 bits per heavy atom. The van der Waals surface area contributed by atoms with Crippen LogP contribution in [-0.2, 0) is 0 Å². The van der Waals surface area contributed by atoms with Crippen molar-refractivity contribution in [3.8, 4) is 0 Å². The summed E-state index contributed by atoms with van der Waals surface area (Å²) >= 11 is 3.30. The number of halogens is 1. The molecule has 0 saturated heterocycles. The second kappa shape index (κ2) is 6.33. The molecule has 18 heavy (non-hydrogen) atoms. The first-order valence-corrected chi connectivity index (χ1v) is 7.45. The molecule has 0 amide bonds. The molecule has 3 N–H and O–H groups in total. The third-order valence-electron chi connectivity index (χ3n) is 2.69. The molecule has 0 bridgehead atoms. The highest BCUT2D eigenvalue weighted by atomic mass is 32.2. The SMILES string of the molecule is Cc1sccc1C(CSc1cccc(F)c1)NN. The molecule has 1 aromatic heterocycles. The van der Waals surface area contributed by atoms with Crippen molar-refractivity contribution in [2.75, 3.05) is 5.75 Å². The summed E-state index contributed by atoms with van der Waals surface area (Å²) in [6.07, 6.45) is 0. The van der Waals surface area contributed by atoms with Gasteiger partial charge in [0.2, 0.25) is 0 Å². The van der Waals surface area contributed by atoms with Gasteiger partial charge in [0.15, 0.2) is 0 Å². The second-order valence-corrected chi connectivity index (χ2v) is 6.13. The number of hydrogen-bond donors (Lipinski definition) is 2. The number of hydrazine groups is 1. The summed E-state index contributed by atoms with van der Waals surface area (Å²) in [4.78, 5) is 2.18. The number of nitrogens with two attached hydrogens (primary N) is 1. The maximum absolute atomic E-state index is 13.1. The van der Waals surface area contributed by atoms with Crippen molar-refractivity contribution in [3.63, 3.8) is 0 Å². The summed E-state index contributed by atoms with van der Waals surface area (Å²) < 4.78 is 13.1. The molecule has 2 nitrogen and oxygen atoms in total. The molecule has 0 saturated carbocycles. The summed E-state index contributed by atoms with van der Waals surface area (Å²) in [6, 6.07) is 8.78. The maximum Gasteiger partial charge on any atom is 0.124 e. The van der Waals surface area contributed by atoms with Crippen LogP contribution >= 0.6 is 23.1 Å². The second-order valence-electron chi connectivity index (χ2n) is 3.92. The first-order valence-electron chi connectivity index (χ1n) is 5.59. The first kappa shape index (κ1) is 13.5. The molecule has 0 fully saturated rings. The van der Waals surface area contributed by atoms with E-state index >= 15 is 0 Å². The van der Waals surface area contributed by atoms with Gasteiger partial charge in [-0.05, 0) is 42.1 Å². The average molecular weight is 282 g/mol. The molecule has 2 aromatic rings. The van der Waals surface area contributed by atoms with E-state index in [4.69, 9.17) is 5.84 Å². The third kappa shape index (κ3) is 3.32. The van der Waals surface area contributed by atoms with Crippen LogP contribution in [0.25, 0.3) is 0 Å². The summed E-state index contributed by atoms with van der Waals surface area (Å²) in [5.74, 6) is 6.16. The van der Waals surface area contributed by atoms with Gasteiger partial charge >= 0.3 is 0 Å². The van der Waals surface area contributed by atoms with Crippen LogP contribution in [0.3, 0.4) is 0 Å². The molecule has 0 spiro atoms. The van der Waals surface area contributed by atoms with Crippen LogP contribution in [0.15, 0.2) is 40.6 Å². The number of thiophene rings is 1. The van der Waals surface area contributed by atoms with E-state index in [0.29, 0.717) is 0 Å². The first-order chi connectivity index (χ1) is 8.70. The summed E-state index contributed by atoms with van der Waals surface area (Å²) in [6.45, 7) is 2.08. The largest absolute Gasteiger partial charge is 0.271 e. The van der Waals surface area contributed by atoms with Gasteiger partial charge in [0.1, 0.15) is 5.82 Å². The molecule has 1 atom stereocenters. The molecule has 2 rings (SSSR count). The Bertz CT molecular complexity index is 513. The fraction of sp³-hybridized carbons (Fsp3) is 0.231. The van der Waals surface area contributed by atoms with Crippen LogP contribution in [0.4, 0.5) is 4.39 Å². The van der Waals surface area contributed by atoms with Crippen molar-refractivity contribution >= 4 is 23.1 Å². The Morgan fingerprint density at radius 1 is 1.44 bits per heavy atom. The number of thioether (sulfide) groups is 1. The van der Waals surface area contributed by atoms with E-state index in [1.807, 2.05) is 6.07 Å². The minimum Gasteiger partial charge on any atom is -0.271 e.